The molecule has 0 aliphatic rings. The Bertz CT molecular complexity index is 1270. The van der Waals surface area contributed by atoms with Crippen LogP contribution < -0.4 is 0 Å². The minimum atomic E-state index is 0.118. The van der Waals surface area contributed by atoms with Crippen molar-refractivity contribution in [1.82, 2.24) is 0 Å². The van der Waals surface area contributed by atoms with Gasteiger partial charge in [-0.15, -0.1) is 11.3 Å². The van der Waals surface area contributed by atoms with E-state index in [2.05, 4.69) is 69.3 Å². The van der Waals surface area contributed by atoms with E-state index < -0.39 is 0 Å². The third kappa shape index (κ3) is 2.97. The van der Waals surface area contributed by atoms with Gasteiger partial charge in [-0.05, 0) is 52.4 Å². The van der Waals surface area contributed by atoms with Crippen LogP contribution in [0.25, 0.3) is 31.3 Å². The quantitative estimate of drug-likeness (QED) is 0.373. The molecule has 0 aliphatic carbocycles. The molecule has 27 heavy (non-hydrogen) atoms. The molecule has 0 saturated carbocycles. The molecule has 0 unspecified atom stereocenters. The molecule has 4 aromatic rings. The van der Waals surface area contributed by atoms with E-state index in [4.69, 9.17) is 5.26 Å². The molecular weight excluding hydrogens is 348 g/mol. The summed E-state index contributed by atoms with van der Waals surface area (Å²) in [5.74, 6) is 0. The Hall–Kier alpha value is -3.14. The second kappa shape index (κ2) is 6.23. The van der Waals surface area contributed by atoms with Crippen LogP contribution in [0.15, 0.2) is 54.6 Å². The fourth-order valence-corrected chi connectivity index (χ4v) is 4.49. The van der Waals surface area contributed by atoms with Crippen LogP contribution in [-0.2, 0) is 5.41 Å². The van der Waals surface area contributed by atoms with E-state index in [-0.39, 0.29) is 5.41 Å². The van der Waals surface area contributed by atoms with Gasteiger partial charge in [-0.2, -0.15) is 10.5 Å². The van der Waals surface area contributed by atoms with Gasteiger partial charge in [0, 0.05) is 20.2 Å². The topological polar surface area (TPSA) is 47.6 Å². The first-order valence-electron chi connectivity index (χ1n) is 8.82. The molecule has 1 heterocycles. The third-order valence-electron chi connectivity index (χ3n) is 4.92. The predicted octanol–water partition coefficient (Wildman–Crippen LogP) is 6.76. The molecular formula is C24H18N2S. The summed E-state index contributed by atoms with van der Waals surface area (Å²) in [6.45, 7) is 6.69. The van der Waals surface area contributed by atoms with Crippen molar-refractivity contribution < 1.29 is 0 Å². The molecule has 130 valence electrons. The summed E-state index contributed by atoms with van der Waals surface area (Å²) < 4.78 is 2.48. The number of thiophene rings is 1. The summed E-state index contributed by atoms with van der Waals surface area (Å²) in [4.78, 5) is 0. The van der Waals surface area contributed by atoms with E-state index in [0.29, 0.717) is 11.1 Å². The molecule has 0 N–H and O–H groups in total. The zero-order valence-corrected chi connectivity index (χ0v) is 16.3. The number of benzene rings is 3. The Labute approximate surface area is 162 Å². The van der Waals surface area contributed by atoms with Crippen molar-refractivity contribution in [3.63, 3.8) is 0 Å². The Morgan fingerprint density at radius 2 is 1.59 bits per heavy atom. The molecule has 3 heteroatoms. The highest BCUT2D eigenvalue weighted by Gasteiger charge is 2.16. The fraction of sp³-hybridized carbons (Fsp3) is 0.167. The van der Waals surface area contributed by atoms with Gasteiger partial charge in [0.15, 0.2) is 0 Å². The smallest absolute Gasteiger partial charge is 0.0998 e. The van der Waals surface area contributed by atoms with Crippen molar-refractivity contribution >= 4 is 31.5 Å². The van der Waals surface area contributed by atoms with E-state index in [1.807, 2.05) is 6.07 Å². The highest BCUT2D eigenvalue weighted by atomic mass is 32.1. The summed E-state index contributed by atoms with van der Waals surface area (Å²) in [5, 5.41) is 21.1. The summed E-state index contributed by atoms with van der Waals surface area (Å²) in [6, 6.07) is 22.7. The van der Waals surface area contributed by atoms with Crippen molar-refractivity contribution in [3.05, 3.63) is 71.3 Å². The van der Waals surface area contributed by atoms with E-state index in [9.17, 15) is 5.26 Å². The van der Waals surface area contributed by atoms with Crippen LogP contribution in [0.4, 0.5) is 0 Å². The summed E-state index contributed by atoms with van der Waals surface area (Å²) in [7, 11) is 0. The lowest BCUT2D eigenvalue weighted by Gasteiger charge is -2.18. The standard InChI is InChI=1S/C24H18N2S/c1-24(2,3)18-6-9-22-21(12-18)20-8-5-16(11-23(20)27-22)19-7-4-15(13-25)10-17(19)14-26/h4-12H,1-3H3. The van der Waals surface area contributed by atoms with Gasteiger partial charge in [0.2, 0.25) is 0 Å². The van der Waals surface area contributed by atoms with Crippen LogP contribution in [0.3, 0.4) is 0 Å². The number of nitriles is 2. The Morgan fingerprint density at radius 1 is 0.778 bits per heavy atom. The van der Waals surface area contributed by atoms with Crippen molar-refractivity contribution in [1.29, 1.82) is 10.5 Å². The van der Waals surface area contributed by atoms with Crippen molar-refractivity contribution in [2.75, 3.05) is 0 Å². The second-order valence-electron chi connectivity index (χ2n) is 7.76. The number of nitrogens with zero attached hydrogens (tertiary/aromatic N) is 2. The van der Waals surface area contributed by atoms with Crippen LogP contribution in [0, 0.1) is 22.7 Å². The highest BCUT2D eigenvalue weighted by molar-refractivity contribution is 7.25. The number of fused-ring (bicyclic) bond motifs is 3. The Kier molecular flexibility index (Phi) is 3.99. The van der Waals surface area contributed by atoms with Crippen LogP contribution in [0.5, 0.6) is 0 Å². The normalized spacial score (nSPS) is 11.4. The van der Waals surface area contributed by atoms with Gasteiger partial charge < -0.3 is 0 Å². The van der Waals surface area contributed by atoms with Crippen molar-refractivity contribution in [2.45, 2.75) is 26.2 Å². The second-order valence-corrected chi connectivity index (χ2v) is 8.84. The molecule has 1 aromatic heterocycles. The molecule has 4 rings (SSSR count). The molecule has 3 aromatic carbocycles. The molecule has 0 amide bonds. The van der Waals surface area contributed by atoms with Gasteiger partial charge in [-0.3, -0.25) is 0 Å². The molecule has 0 radical (unpaired) electrons. The van der Waals surface area contributed by atoms with Crippen molar-refractivity contribution in [2.24, 2.45) is 0 Å². The van der Waals surface area contributed by atoms with Gasteiger partial charge in [-0.25, -0.2) is 0 Å². The van der Waals surface area contributed by atoms with Gasteiger partial charge in [0.25, 0.3) is 0 Å². The van der Waals surface area contributed by atoms with Crippen LogP contribution in [0.2, 0.25) is 0 Å². The largest absolute Gasteiger partial charge is 0.192 e. The molecule has 0 bridgehead atoms. The lowest BCUT2D eigenvalue weighted by molar-refractivity contribution is 0.591. The minimum absolute atomic E-state index is 0.118. The Morgan fingerprint density at radius 3 is 2.30 bits per heavy atom. The van der Waals surface area contributed by atoms with Crippen LogP contribution in [-0.4, -0.2) is 0 Å². The summed E-state index contributed by atoms with van der Waals surface area (Å²) in [6.07, 6.45) is 0. The zero-order valence-electron chi connectivity index (χ0n) is 15.5. The van der Waals surface area contributed by atoms with Gasteiger partial charge in [0.1, 0.15) is 0 Å². The van der Waals surface area contributed by atoms with Crippen molar-refractivity contribution in [3.8, 4) is 23.3 Å². The lowest BCUT2D eigenvalue weighted by atomic mass is 9.86. The average Bonchev–Trinajstić information content (AvgIpc) is 3.03. The predicted molar refractivity (Wildman–Crippen MR) is 113 cm³/mol. The van der Waals surface area contributed by atoms with E-state index in [0.717, 1.165) is 11.1 Å². The third-order valence-corrected chi connectivity index (χ3v) is 6.05. The SMILES string of the molecule is CC(C)(C)c1ccc2sc3cc(-c4ccc(C#N)cc4C#N)ccc3c2c1. The summed E-state index contributed by atoms with van der Waals surface area (Å²) in [5.41, 5.74) is 4.36. The average molecular weight is 366 g/mol. The van der Waals surface area contributed by atoms with Gasteiger partial charge >= 0.3 is 0 Å². The zero-order chi connectivity index (χ0) is 19.2. The first-order valence-corrected chi connectivity index (χ1v) is 9.64. The van der Waals surface area contributed by atoms with Crippen LogP contribution in [0.1, 0.15) is 37.5 Å². The fourth-order valence-electron chi connectivity index (χ4n) is 3.37. The first-order chi connectivity index (χ1) is 12.9. The van der Waals surface area contributed by atoms with E-state index >= 15 is 0 Å². The van der Waals surface area contributed by atoms with E-state index in [1.165, 1.54) is 25.7 Å². The maximum atomic E-state index is 9.48. The maximum absolute atomic E-state index is 9.48. The van der Waals surface area contributed by atoms with E-state index in [1.54, 1.807) is 23.5 Å². The van der Waals surface area contributed by atoms with Crippen LogP contribution >= 0.6 is 11.3 Å². The lowest BCUT2D eigenvalue weighted by Crippen LogP contribution is -2.10. The first kappa shape index (κ1) is 17.3. The summed E-state index contributed by atoms with van der Waals surface area (Å²) >= 11 is 1.78. The number of hydrogen-bond donors (Lipinski definition) is 0. The highest BCUT2D eigenvalue weighted by Crippen LogP contribution is 2.39. The number of rotatable bonds is 1. The van der Waals surface area contributed by atoms with Gasteiger partial charge in [-0.1, -0.05) is 45.0 Å². The molecule has 0 spiro atoms. The Balaban J connectivity index is 1.90. The molecule has 0 fully saturated rings. The molecule has 0 aliphatic heterocycles. The monoisotopic (exact) mass is 366 g/mol. The number of hydrogen-bond acceptors (Lipinski definition) is 3. The maximum Gasteiger partial charge on any atom is 0.0998 e. The van der Waals surface area contributed by atoms with Gasteiger partial charge in [0.05, 0.1) is 23.3 Å². The molecule has 2 nitrogen and oxygen atoms in total. The minimum Gasteiger partial charge on any atom is -0.192 e. The molecule has 0 saturated heterocycles. The molecule has 0 atom stereocenters.